The number of para-hydroxylation sites is 1. The average molecular weight is 289 g/mol. The van der Waals surface area contributed by atoms with Crippen LogP contribution in [0, 0.1) is 0 Å². The van der Waals surface area contributed by atoms with Gasteiger partial charge < -0.3 is 14.6 Å². The van der Waals surface area contributed by atoms with Gasteiger partial charge in [-0.3, -0.25) is 0 Å². The highest BCUT2D eigenvalue weighted by Crippen LogP contribution is 2.25. The maximum atomic E-state index is 5.86. The van der Waals surface area contributed by atoms with Gasteiger partial charge in [0.1, 0.15) is 5.75 Å². The Morgan fingerprint density at radius 2 is 2.00 bits per heavy atom. The summed E-state index contributed by atoms with van der Waals surface area (Å²) in [5.41, 5.74) is 1.13. The van der Waals surface area contributed by atoms with Crippen molar-refractivity contribution in [1.29, 1.82) is 0 Å². The first-order valence-electron chi connectivity index (χ1n) is 7.39. The van der Waals surface area contributed by atoms with E-state index in [-0.39, 0.29) is 12.0 Å². The normalized spacial score (nSPS) is 12.6. The Labute approximate surface area is 125 Å². The van der Waals surface area contributed by atoms with E-state index in [4.69, 9.17) is 9.26 Å². The van der Waals surface area contributed by atoms with Gasteiger partial charge in [0.2, 0.25) is 11.7 Å². The van der Waals surface area contributed by atoms with Crippen LogP contribution in [0.15, 0.2) is 28.8 Å². The standard InChI is InChI=1S/C16H23N3O2/c1-5-17-12(4)13-8-6-7-9-14(13)20-10-15-18-16(11(2)3)21-19-15/h6-9,11-12,17H,5,10H2,1-4H3. The Morgan fingerprint density at radius 3 is 2.67 bits per heavy atom. The molecule has 0 amide bonds. The molecule has 1 aromatic heterocycles. The van der Waals surface area contributed by atoms with Gasteiger partial charge in [-0.25, -0.2) is 0 Å². The monoisotopic (exact) mass is 289 g/mol. The molecule has 114 valence electrons. The summed E-state index contributed by atoms with van der Waals surface area (Å²) in [7, 11) is 0. The molecule has 0 aliphatic rings. The quantitative estimate of drug-likeness (QED) is 0.846. The van der Waals surface area contributed by atoms with Crippen LogP contribution < -0.4 is 10.1 Å². The summed E-state index contributed by atoms with van der Waals surface area (Å²) in [6.07, 6.45) is 0. The minimum atomic E-state index is 0.229. The van der Waals surface area contributed by atoms with Crippen molar-refractivity contribution in [2.75, 3.05) is 6.54 Å². The van der Waals surface area contributed by atoms with Gasteiger partial charge in [-0.15, -0.1) is 0 Å². The van der Waals surface area contributed by atoms with Crippen LogP contribution in [-0.4, -0.2) is 16.7 Å². The van der Waals surface area contributed by atoms with Crippen molar-refractivity contribution in [2.45, 2.75) is 46.3 Å². The van der Waals surface area contributed by atoms with Crippen LogP contribution in [0.25, 0.3) is 0 Å². The molecule has 0 aliphatic carbocycles. The van der Waals surface area contributed by atoms with Crippen LogP contribution >= 0.6 is 0 Å². The first-order chi connectivity index (χ1) is 10.1. The maximum absolute atomic E-state index is 5.86. The minimum absolute atomic E-state index is 0.229. The number of nitrogens with one attached hydrogen (secondary N) is 1. The predicted octanol–water partition coefficient (Wildman–Crippen LogP) is 3.44. The smallest absolute Gasteiger partial charge is 0.229 e. The van der Waals surface area contributed by atoms with Gasteiger partial charge in [0.15, 0.2) is 6.61 Å². The molecule has 0 aliphatic heterocycles. The van der Waals surface area contributed by atoms with E-state index in [2.05, 4.69) is 35.4 Å². The Balaban J connectivity index is 2.05. The van der Waals surface area contributed by atoms with Gasteiger partial charge in [-0.1, -0.05) is 44.1 Å². The van der Waals surface area contributed by atoms with Gasteiger partial charge in [0, 0.05) is 17.5 Å². The molecular weight excluding hydrogens is 266 g/mol. The first-order valence-corrected chi connectivity index (χ1v) is 7.39. The number of hydrogen-bond acceptors (Lipinski definition) is 5. The lowest BCUT2D eigenvalue weighted by atomic mass is 10.1. The van der Waals surface area contributed by atoms with Crippen molar-refractivity contribution in [3.05, 3.63) is 41.5 Å². The van der Waals surface area contributed by atoms with Gasteiger partial charge in [0.05, 0.1) is 0 Å². The molecule has 0 spiro atoms. The summed E-state index contributed by atoms with van der Waals surface area (Å²) in [6.45, 7) is 9.48. The third kappa shape index (κ3) is 4.04. The second-order valence-electron chi connectivity index (χ2n) is 5.31. The molecule has 1 aromatic carbocycles. The minimum Gasteiger partial charge on any atom is -0.485 e. The Hall–Kier alpha value is -1.88. The molecule has 0 fully saturated rings. The highest BCUT2D eigenvalue weighted by Gasteiger charge is 2.13. The van der Waals surface area contributed by atoms with Crippen LogP contribution in [0.2, 0.25) is 0 Å². The highest BCUT2D eigenvalue weighted by molar-refractivity contribution is 5.35. The second-order valence-corrected chi connectivity index (χ2v) is 5.31. The molecule has 1 N–H and O–H groups in total. The fraction of sp³-hybridized carbons (Fsp3) is 0.500. The summed E-state index contributed by atoms with van der Waals surface area (Å²) in [5, 5.41) is 7.33. The maximum Gasteiger partial charge on any atom is 0.229 e. The number of rotatable bonds is 7. The van der Waals surface area contributed by atoms with E-state index in [9.17, 15) is 0 Å². The number of nitrogens with zero attached hydrogens (tertiary/aromatic N) is 2. The predicted molar refractivity (Wildman–Crippen MR) is 81.3 cm³/mol. The van der Waals surface area contributed by atoms with Crippen LogP contribution in [0.4, 0.5) is 0 Å². The van der Waals surface area contributed by atoms with E-state index >= 15 is 0 Å². The molecule has 2 aromatic rings. The fourth-order valence-corrected chi connectivity index (χ4v) is 2.09. The molecule has 5 nitrogen and oxygen atoms in total. The Morgan fingerprint density at radius 1 is 1.24 bits per heavy atom. The van der Waals surface area contributed by atoms with Crippen LogP contribution in [-0.2, 0) is 6.61 Å². The molecule has 2 rings (SSSR count). The van der Waals surface area contributed by atoms with Crippen molar-refractivity contribution in [3.63, 3.8) is 0 Å². The highest BCUT2D eigenvalue weighted by atomic mass is 16.5. The zero-order valence-electron chi connectivity index (χ0n) is 13.1. The van der Waals surface area contributed by atoms with E-state index in [0.717, 1.165) is 17.9 Å². The van der Waals surface area contributed by atoms with Crippen LogP contribution in [0.1, 0.15) is 56.9 Å². The molecule has 1 unspecified atom stereocenters. The first kappa shape index (κ1) is 15.5. The molecule has 0 radical (unpaired) electrons. The van der Waals surface area contributed by atoms with Crippen molar-refractivity contribution < 1.29 is 9.26 Å². The molecule has 1 atom stereocenters. The van der Waals surface area contributed by atoms with Crippen LogP contribution in [0.3, 0.4) is 0 Å². The lowest BCUT2D eigenvalue weighted by molar-refractivity contribution is 0.279. The third-order valence-corrected chi connectivity index (χ3v) is 3.23. The van der Waals surface area contributed by atoms with E-state index in [1.807, 2.05) is 32.0 Å². The van der Waals surface area contributed by atoms with E-state index in [0.29, 0.717) is 18.3 Å². The third-order valence-electron chi connectivity index (χ3n) is 3.23. The summed E-state index contributed by atoms with van der Waals surface area (Å²) < 4.78 is 11.0. The number of ether oxygens (including phenoxy) is 1. The molecule has 5 heteroatoms. The van der Waals surface area contributed by atoms with Crippen molar-refractivity contribution in [2.24, 2.45) is 0 Å². The van der Waals surface area contributed by atoms with Gasteiger partial charge in [-0.2, -0.15) is 4.98 Å². The van der Waals surface area contributed by atoms with Crippen molar-refractivity contribution >= 4 is 0 Å². The molecule has 0 saturated carbocycles. The largest absolute Gasteiger partial charge is 0.485 e. The van der Waals surface area contributed by atoms with Crippen molar-refractivity contribution in [3.8, 4) is 5.75 Å². The van der Waals surface area contributed by atoms with Gasteiger partial charge >= 0.3 is 0 Å². The number of hydrogen-bond donors (Lipinski definition) is 1. The second kappa shape index (κ2) is 7.22. The lowest BCUT2D eigenvalue weighted by Crippen LogP contribution is -2.18. The topological polar surface area (TPSA) is 60.2 Å². The Bertz CT molecular complexity index is 566. The molecule has 0 bridgehead atoms. The molecular formula is C16H23N3O2. The van der Waals surface area contributed by atoms with Crippen molar-refractivity contribution in [1.82, 2.24) is 15.5 Å². The molecule has 21 heavy (non-hydrogen) atoms. The average Bonchev–Trinajstić information content (AvgIpc) is 2.95. The van der Waals surface area contributed by atoms with E-state index in [1.165, 1.54) is 0 Å². The molecule has 1 heterocycles. The Kier molecular flexibility index (Phi) is 5.33. The van der Waals surface area contributed by atoms with Crippen LogP contribution in [0.5, 0.6) is 5.75 Å². The zero-order valence-corrected chi connectivity index (χ0v) is 13.1. The van der Waals surface area contributed by atoms with E-state index in [1.54, 1.807) is 0 Å². The summed E-state index contributed by atoms with van der Waals surface area (Å²) in [4.78, 5) is 4.32. The summed E-state index contributed by atoms with van der Waals surface area (Å²) in [6, 6.07) is 8.25. The number of aromatic nitrogens is 2. The zero-order chi connectivity index (χ0) is 15.2. The summed E-state index contributed by atoms with van der Waals surface area (Å²) in [5.74, 6) is 2.29. The van der Waals surface area contributed by atoms with Gasteiger partial charge in [0.25, 0.3) is 0 Å². The number of benzene rings is 1. The SMILES string of the molecule is CCNC(C)c1ccccc1OCc1noc(C(C)C)n1. The summed E-state index contributed by atoms with van der Waals surface area (Å²) >= 11 is 0. The fourth-order valence-electron chi connectivity index (χ4n) is 2.09. The van der Waals surface area contributed by atoms with Gasteiger partial charge in [-0.05, 0) is 19.5 Å². The lowest BCUT2D eigenvalue weighted by Gasteiger charge is -2.16. The molecule has 0 saturated heterocycles. The van der Waals surface area contributed by atoms with E-state index < -0.39 is 0 Å².